The summed E-state index contributed by atoms with van der Waals surface area (Å²) >= 11 is 3.22. The first-order valence-electron chi connectivity index (χ1n) is 8.09. The highest BCUT2D eigenvalue weighted by Crippen LogP contribution is 2.42. The molecule has 0 spiro atoms. The van der Waals surface area contributed by atoms with Gasteiger partial charge in [0.1, 0.15) is 11.0 Å². The average Bonchev–Trinajstić information content (AvgIpc) is 3.19. The molecule has 130 valence electrons. The second-order valence-corrected chi connectivity index (χ2v) is 8.29. The molecule has 3 rings (SSSR count). The van der Waals surface area contributed by atoms with Crippen LogP contribution in [0.25, 0.3) is 10.3 Å². The standard InChI is InChI=1S/C16H22N4O2S2/c1-5-22-14(21)16(10(2)3)6-7-20(8-16)13-11-12(17-9-18-13)19-15(23-4)24-11/h9-10H,5-8H2,1-4H3. The third-order valence-corrected chi connectivity index (χ3v) is 6.74. The molecular formula is C16H22N4O2S2. The first-order valence-corrected chi connectivity index (χ1v) is 10.1. The lowest BCUT2D eigenvalue weighted by molar-refractivity contribution is -0.156. The topological polar surface area (TPSA) is 68.2 Å². The summed E-state index contributed by atoms with van der Waals surface area (Å²) in [5.41, 5.74) is 0.257. The molecule has 0 N–H and O–H groups in total. The molecule has 1 fully saturated rings. The number of nitrogens with zero attached hydrogens (tertiary/aromatic N) is 4. The third-order valence-electron chi connectivity index (χ3n) is 4.71. The molecule has 0 aromatic carbocycles. The number of thioether (sulfide) groups is 1. The Balaban J connectivity index is 1.95. The molecule has 1 unspecified atom stereocenters. The second-order valence-electron chi connectivity index (χ2n) is 6.24. The molecule has 1 aliphatic heterocycles. The van der Waals surface area contributed by atoms with Crippen molar-refractivity contribution in [2.75, 3.05) is 30.9 Å². The number of rotatable bonds is 5. The lowest BCUT2D eigenvalue weighted by Gasteiger charge is -2.31. The number of ether oxygens (including phenoxy) is 1. The van der Waals surface area contributed by atoms with Gasteiger partial charge in [-0.1, -0.05) is 25.6 Å². The minimum absolute atomic E-state index is 0.0955. The monoisotopic (exact) mass is 366 g/mol. The molecule has 0 bridgehead atoms. The number of thiazole rings is 1. The summed E-state index contributed by atoms with van der Waals surface area (Å²) in [4.78, 5) is 28.1. The van der Waals surface area contributed by atoms with Crippen LogP contribution in [0.5, 0.6) is 0 Å². The Bertz CT molecular complexity index is 749. The predicted octanol–water partition coefficient (Wildman–Crippen LogP) is 3.22. The van der Waals surface area contributed by atoms with Gasteiger partial charge < -0.3 is 9.64 Å². The first kappa shape index (κ1) is 17.4. The second kappa shape index (κ2) is 6.84. The van der Waals surface area contributed by atoms with Crippen LogP contribution in [-0.2, 0) is 9.53 Å². The summed E-state index contributed by atoms with van der Waals surface area (Å²) in [5.74, 6) is 0.994. The van der Waals surface area contributed by atoms with Crippen molar-refractivity contribution in [2.24, 2.45) is 11.3 Å². The van der Waals surface area contributed by atoms with E-state index in [9.17, 15) is 4.79 Å². The maximum atomic E-state index is 12.6. The van der Waals surface area contributed by atoms with Crippen LogP contribution >= 0.6 is 23.1 Å². The number of carbonyl (C=O) groups is 1. The van der Waals surface area contributed by atoms with Crippen molar-refractivity contribution >= 4 is 45.2 Å². The molecule has 1 atom stereocenters. The van der Waals surface area contributed by atoms with Crippen molar-refractivity contribution in [3.8, 4) is 0 Å². The number of anilines is 1. The molecule has 1 aliphatic rings. The van der Waals surface area contributed by atoms with E-state index >= 15 is 0 Å². The van der Waals surface area contributed by atoms with Gasteiger partial charge in [-0.2, -0.15) is 0 Å². The number of fused-ring (bicyclic) bond motifs is 1. The van der Waals surface area contributed by atoms with Crippen molar-refractivity contribution in [3.05, 3.63) is 6.33 Å². The highest BCUT2D eigenvalue weighted by atomic mass is 32.2. The van der Waals surface area contributed by atoms with E-state index in [2.05, 4.69) is 33.7 Å². The van der Waals surface area contributed by atoms with Gasteiger partial charge in [0.2, 0.25) is 0 Å². The van der Waals surface area contributed by atoms with Crippen LogP contribution in [0.1, 0.15) is 27.2 Å². The third kappa shape index (κ3) is 2.86. The van der Waals surface area contributed by atoms with Gasteiger partial charge in [0.15, 0.2) is 15.8 Å². The van der Waals surface area contributed by atoms with Crippen LogP contribution in [0.15, 0.2) is 10.7 Å². The van der Waals surface area contributed by atoms with E-state index in [-0.39, 0.29) is 11.9 Å². The lowest BCUT2D eigenvalue weighted by atomic mass is 9.76. The van der Waals surface area contributed by atoms with Crippen molar-refractivity contribution in [2.45, 2.75) is 31.5 Å². The molecule has 2 aromatic heterocycles. The molecule has 0 radical (unpaired) electrons. The number of hydrogen-bond acceptors (Lipinski definition) is 8. The number of esters is 1. The lowest BCUT2D eigenvalue weighted by Crippen LogP contribution is -2.40. The molecule has 8 heteroatoms. The van der Waals surface area contributed by atoms with E-state index in [1.165, 1.54) is 0 Å². The van der Waals surface area contributed by atoms with Crippen LogP contribution in [0.2, 0.25) is 0 Å². The van der Waals surface area contributed by atoms with Crippen LogP contribution < -0.4 is 4.90 Å². The Hall–Kier alpha value is -1.41. The Kier molecular flexibility index (Phi) is 4.96. The van der Waals surface area contributed by atoms with Crippen molar-refractivity contribution < 1.29 is 9.53 Å². The maximum absolute atomic E-state index is 12.6. The summed E-state index contributed by atoms with van der Waals surface area (Å²) in [6, 6.07) is 0. The molecule has 6 nitrogen and oxygen atoms in total. The molecule has 0 saturated carbocycles. The van der Waals surface area contributed by atoms with Crippen molar-refractivity contribution in [1.82, 2.24) is 15.0 Å². The van der Waals surface area contributed by atoms with Crippen LogP contribution in [0.3, 0.4) is 0 Å². The minimum Gasteiger partial charge on any atom is -0.466 e. The highest BCUT2D eigenvalue weighted by Gasteiger charge is 2.49. The largest absolute Gasteiger partial charge is 0.466 e. The Morgan fingerprint density at radius 3 is 2.96 bits per heavy atom. The summed E-state index contributed by atoms with van der Waals surface area (Å²) in [5, 5.41) is 0. The number of carbonyl (C=O) groups excluding carboxylic acids is 1. The van der Waals surface area contributed by atoms with Gasteiger partial charge in [0.25, 0.3) is 0 Å². The zero-order chi connectivity index (χ0) is 17.3. The fourth-order valence-corrected chi connectivity index (χ4v) is 4.73. The van der Waals surface area contributed by atoms with Gasteiger partial charge in [0.05, 0.1) is 12.0 Å². The summed E-state index contributed by atoms with van der Waals surface area (Å²) in [6.07, 6.45) is 4.34. The fraction of sp³-hybridized carbons (Fsp3) is 0.625. The zero-order valence-electron chi connectivity index (χ0n) is 14.4. The summed E-state index contributed by atoms with van der Waals surface area (Å²) in [7, 11) is 0. The van der Waals surface area contributed by atoms with Gasteiger partial charge >= 0.3 is 5.97 Å². The first-order chi connectivity index (χ1) is 11.5. The summed E-state index contributed by atoms with van der Waals surface area (Å²) < 4.78 is 7.34. The molecule has 0 aliphatic carbocycles. The van der Waals surface area contributed by atoms with Gasteiger partial charge in [-0.25, -0.2) is 15.0 Å². The zero-order valence-corrected chi connectivity index (χ0v) is 16.0. The molecule has 3 heterocycles. The van der Waals surface area contributed by atoms with Crippen LogP contribution in [0.4, 0.5) is 5.82 Å². The van der Waals surface area contributed by atoms with Crippen LogP contribution in [-0.4, -0.2) is 46.9 Å². The minimum atomic E-state index is -0.472. The predicted molar refractivity (Wildman–Crippen MR) is 97.7 cm³/mol. The highest BCUT2D eigenvalue weighted by molar-refractivity contribution is 8.00. The maximum Gasteiger partial charge on any atom is 0.314 e. The van der Waals surface area contributed by atoms with E-state index in [0.717, 1.165) is 33.5 Å². The average molecular weight is 367 g/mol. The molecule has 24 heavy (non-hydrogen) atoms. The van der Waals surface area contributed by atoms with Gasteiger partial charge in [-0.15, -0.1) is 11.3 Å². The Morgan fingerprint density at radius 2 is 2.29 bits per heavy atom. The Labute approximate surface area is 150 Å². The molecule has 0 amide bonds. The van der Waals surface area contributed by atoms with Gasteiger partial charge in [-0.05, 0) is 25.5 Å². The molecule has 2 aromatic rings. The Morgan fingerprint density at radius 1 is 1.50 bits per heavy atom. The number of aromatic nitrogens is 3. The van der Waals surface area contributed by atoms with Gasteiger partial charge in [0, 0.05) is 13.1 Å². The SMILES string of the molecule is CCOC(=O)C1(C(C)C)CCN(c2ncnc3nc(SC)sc23)C1. The van der Waals surface area contributed by atoms with E-state index in [4.69, 9.17) is 4.74 Å². The number of hydrogen-bond donors (Lipinski definition) is 0. The molecular weight excluding hydrogens is 344 g/mol. The van der Waals surface area contributed by atoms with Gasteiger partial charge in [-0.3, -0.25) is 4.79 Å². The normalized spacial score (nSPS) is 21.0. The smallest absolute Gasteiger partial charge is 0.314 e. The van der Waals surface area contributed by atoms with Crippen LogP contribution in [0, 0.1) is 11.3 Å². The van der Waals surface area contributed by atoms with E-state index < -0.39 is 5.41 Å². The molecule has 1 saturated heterocycles. The van der Waals surface area contributed by atoms with E-state index in [0.29, 0.717) is 13.2 Å². The van der Waals surface area contributed by atoms with E-state index in [1.807, 2.05) is 13.2 Å². The summed E-state index contributed by atoms with van der Waals surface area (Å²) in [6.45, 7) is 7.87. The fourth-order valence-electron chi connectivity index (χ4n) is 3.20. The van der Waals surface area contributed by atoms with E-state index in [1.54, 1.807) is 29.4 Å². The van der Waals surface area contributed by atoms with Crippen molar-refractivity contribution in [1.29, 1.82) is 0 Å². The quantitative estimate of drug-likeness (QED) is 0.594. The van der Waals surface area contributed by atoms with Crippen molar-refractivity contribution in [3.63, 3.8) is 0 Å².